The molecule has 0 bridgehead atoms. The third-order valence-electron chi connectivity index (χ3n) is 4.93. The quantitative estimate of drug-likeness (QED) is 0.431. The summed E-state index contributed by atoms with van der Waals surface area (Å²) in [7, 11) is 1.60. The van der Waals surface area contributed by atoms with Crippen molar-refractivity contribution >= 4 is 28.3 Å². The summed E-state index contributed by atoms with van der Waals surface area (Å²) in [4.78, 5) is 21.0. The minimum atomic E-state index is -0.811. The van der Waals surface area contributed by atoms with Crippen LogP contribution in [0, 0.1) is 0 Å². The van der Waals surface area contributed by atoms with Crippen LogP contribution in [-0.2, 0) is 0 Å². The number of benzene rings is 2. The van der Waals surface area contributed by atoms with E-state index in [1.54, 1.807) is 31.6 Å². The summed E-state index contributed by atoms with van der Waals surface area (Å²) in [5.74, 6) is 0.580. The average Bonchev–Trinajstić information content (AvgIpc) is 3.32. The first-order valence-corrected chi connectivity index (χ1v) is 9.14. The summed E-state index contributed by atoms with van der Waals surface area (Å²) in [5.41, 5.74) is 5.56. The van der Waals surface area contributed by atoms with Gasteiger partial charge in [0.25, 0.3) is 5.91 Å². The molecule has 0 saturated carbocycles. The van der Waals surface area contributed by atoms with E-state index in [1.807, 2.05) is 41.0 Å². The number of hydrogen-bond donors (Lipinski definition) is 4. The summed E-state index contributed by atoms with van der Waals surface area (Å²) in [6.45, 7) is 0. The molecule has 8 heteroatoms. The van der Waals surface area contributed by atoms with E-state index in [2.05, 4.69) is 20.9 Å². The van der Waals surface area contributed by atoms with Gasteiger partial charge in [0.1, 0.15) is 5.82 Å². The van der Waals surface area contributed by atoms with E-state index < -0.39 is 6.35 Å². The number of carbonyl (C=O) groups excluding carboxylic acids is 1. The highest BCUT2D eigenvalue weighted by atomic mass is 16.3. The molecule has 0 fully saturated rings. The molecule has 1 amide bonds. The predicted molar refractivity (Wildman–Crippen MR) is 111 cm³/mol. The van der Waals surface area contributed by atoms with Gasteiger partial charge in [-0.2, -0.15) is 0 Å². The first kappa shape index (κ1) is 17.2. The van der Waals surface area contributed by atoms with Crippen molar-refractivity contribution in [1.82, 2.24) is 19.9 Å². The molecule has 0 saturated heterocycles. The van der Waals surface area contributed by atoms with Crippen molar-refractivity contribution in [3.63, 3.8) is 0 Å². The Kier molecular flexibility index (Phi) is 3.92. The molecule has 8 nitrogen and oxygen atoms in total. The molecule has 4 aromatic rings. The standard InChI is InChI=1S/C21H18N6O2/c1-22-20(28)13-2-5-18-17(10-13)24-19(12-6-8-23-9-7-12)27(18)14-3-4-15-16(11-14)26-21(29)25-15/h2-11,21,25-26,29H,1H3,(H,22,28). The van der Waals surface area contributed by atoms with Gasteiger partial charge in [-0.25, -0.2) is 4.98 Å². The third-order valence-corrected chi connectivity index (χ3v) is 4.93. The monoisotopic (exact) mass is 386 g/mol. The van der Waals surface area contributed by atoms with E-state index in [0.717, 1.165) is 34.0 Å². The normalized spacial score (nSPS) is 14.9. The van der Waals surface area contributed by atoms with Crippen LogP contribution in [0.1, 0.15) is 10.4 Å². The highest BCUT2D eigenvalue weighted by Gasteiger charge is 2.20. The van der Waals surface area contributed by atoms with Crippen molar-refractivity contribution in [2.45, 2.75) is 6.35 Å². The van der Waals surface area contributed by atoms with E-state index in [0.29, 0.717) is 11.1 Å². The molecule has 1 unspecified atom stereocenters. The van der Waals surface area contributed by atoms with Gasteiger partial charge in [0.2, 0.25) is 6.35 Å². The van der Waals surface area contributed by atoms with Gasteiger partial charge < -0.3 is 21.1 Å². The van der Waals surface area contributed by atoms with Crippen molar-refractivity contribution in [3.8, 4) is 17.1 Å². The number of rotatable bonds is 3. The van der Waals surface area contributed by atoms with E-state index in [4.69, 9.17) is 4.98 Å². The van der Waals surface area contributed by atoms with Crippen LogP contribution < -0.4 is 16.0 Å². The number of aromatic nitrogens is 3. The molecular formula is C21H18N6O2. The number of carbonyl (C=O) groups is 1. The minimum absolute atomic E-state index is 0.159. The number of hydrogen-bond acceptors (Lipinski definition) is 6. The third kappa shape index (κ3) is 2.86. The Bertz CT molecular complexity index is 1230. The van der Waals surface area contributed by atoms with Crippen LogP contribution in [0.15, 0.2) is 60.9 Å². The van der Waals surface area contributed by atoms with Gasteiger partial charge in [0.15, 0.2) is 0 Å². The maximum atomic E-state index is 12.1. The number of amides is 1. The Labute approximate surface area is 166 Å². The summed E-state index contributed by atoms with van der Waals surface area (Å²) in [6, 6.07) is 15.1. The number of nitrogens with one attached hydrogen (secondary N) is 3. The molecule has 0 aliphatic carbocycles. The van der Waals surface area contributed by atoms with Crippen molar-refractivity contribution in [2.75, 3.05) is 17.7 Å². The van der Waals surface area contributed by atoms with E-state index in [9.17, 15) is 9.90 Å². The second kappa shape index (κ2) is 6.61. The number of fused-ring (bicyclic) bond motifs is 2. The van der Waals surface area contributed by atoms with Crippen LogP contribution in [0.2, 0.25) is 0 Å². The molecule has 0 spiro atoms. The molecule has 4 N–H and O–H groups in total. The van der Waals surface area contributed by atoms with E-state index in [-0.39, 0.29) is 5.91 Å². The van der Waals surface area contributed by atoms with E-state index in [1.165, 1.54) is 0 Å². The van der Waals surface area contributed by atoms with Gasteiger partial charge >= 0.3 is 0 Å². The summed E-state index contributed by atoms with van der Waals surface area (Å²) >= 11 is 0. The molecule has 1 aliphatic rings. The molecule has 29 heavy (non-hydrogen) atoms. The zero-order valence-electron chi connectivity index (χ0n) is 15.5. The topological polar surface area (TPSA) is 104 Å². The summed E-state index contributed by atoms with van der Waals surface area (Å²) in [5, 5.41) is 18.4. The maximum Gasteiger partial charge on any atom is 0.251 e. The van der Waals surface area contributed by atoms with Gasteiger partial charge in [0, 0.05) is 36.3 Å². The van der Waals surface area contributed by atoms with Crippen LogP contribution in [0.4, 0.5) is 11.4 Å². The second-order valence-electron chi connectivity index (χ2n) is 6.71. The van der Waals surface area contributed by atoms with Gasteiger partial charge in [-0.05, 0) is 48.5 Å². The van der Waals surface area contributed by atoms with Crippen molar-refractivity contribution < 1.29 is 9.90 Å². The fourth-order valence-electron chi connectivity index (χ4n) is 3.57. The predicted octanol–water partition coefficient (Wildman–Crippen LogP) is 2.56. The number of anilines is 2. The fraction of sp³-hybridized carbons (Fsp3) is 0.0952. The number of nitrogens with zero attached hydrogens (tertiary/aromatic N) is 3. The van der Waals surface area contributed by atoms with Crippen LogP contribution in [-0.4, -0.2) is 38.9 Å². The van der Waals surface area contributed by atoms with Gasteiger partial charge in [-0.15, -0.1) is 0 Å². The van der Waals surface area contributed by atoms with Crippen LogP contribution in [0.25, 0.3) is 28.1 Å². The fourth-order valence-corrected chi connectivity index (χ4v) is 3.57. The number of aliphatic hydroxyl groups is 1. The SMILES string of the molecule is CNC(=O)c1ccc2c(c1)nc(-c1ccncc1)n2-c1ccc2c(c1)NC(O)N2. The number of pyridine rings is 1. The molecular weight excluding hydrogens is 368 g/mol. The maximum absolute atomic E-state index is 12.1. The zero-order valence-corrected chi connectivity index (χ0v) is 15.5. The zero-order chi connectivity index (χ0) is 20.0. The Balaban J connectivity index is 1.74. The van der Waals surface area contributed by atoms with Gasteiger partial charge in [0.05, 0.1) is 22.4 Å². The lowest BCUT2D eigenvalue weighted by Gasteiger charge is -2.11. The Morgan fingerprint density at radius 3 is 2.66 bits per heavy atom. The van der Waals surface area contributed by atoms with Crippen molar-refractivity contribution in [1.29, 1.82) is 0 Å². The van der Waals surface area contributed by atoms with Gasteiger partial charge in [-0.1, -0.05) is 0 Å². The first-order chi connectivity index (χ1) is 14.1. The van der Waals surface area contributed by atoms with Crippen molar-refractivity contribution in [3.05, 3.63) is 66.5 Å². The molecule has 3 heterocycles. The number of imidazole rings is 1. The van der Waals surface area contributed by atoms with Gasteiger partial charge in [-0.3, -0.25) is 14.3 Å². The minimum Gasteiger partial charge on any atom is -0.357 e. The Hall–Kier alpha value is -3.91. The second-order valence-corrected chi connectivity index (χ2v) is 6.71. The summed E-state index contributed by atoms with van der Waals surface area (Å²) < 4.78 is 2.03. The molecule has 1 atom stereocenters. The van der Waals surface area contributed by atoms with Crippen LogP contribution in [0.5, 0.6) is 0 Å². The number of aliphatic hydroxyl groups excluding tert-OH is 1. The lowest BCUT2D eigenvalue weighted by molar-refractivity contribution is 0.0963. The molecule has 1 aliphatic heterocycles. The molecule has 2 aromatic heterocycles. The highest BCUT2D eigenvalue weighted by molar-refractivity contribution is 5.98. The van der Waals surface area contributed by atoms with E-state index >= 15 is 0 Å². The molecule has 0 radical (unpaired) electrons. The lowest BCUT2D eigenvalue weighted by Crippen LogP contribution is -2.20. The van der Waals surface area contributed by atoms with Crippen LogP contribution >= 0.6 is 0 Å². The largest absolute Gasteiger partial charge is 0.357 e. The average molecular weight is 386 g/mol. The smallest absolute Gasteiger partial charge is 0.251 e. The Morgan fingerprint density at radius 2 is 1.86 bits per heavy atom. The highest BCUT2D eigenvalue weighted by Crippen LogP contribution is 2.34. The summed E-state index contributed by atoms with van der Waals surface area (Å²) in [6.07, 6.45) is 2.63. The molecule has 144 valence electrons. The Morgan fingerprint density at radius 1 is 1.07 bits per heavy atom. The first-order valence-electron chi connectivity index (χ1n) is 9.14. The molecule has 2 aromatic carbocycles. The lowest BCUT2D eigenvalue weighted by atomic mass is 10.1. The van der Waals surface area contributed by atoms with Crippen molar-refractivity contribution in [2.24, 2.45) is 0 Å². The van der Waals surface area contributed by atoms with Crippen LogP contribution in [0.3, 0.4) is 0 Å². The molecule has 5 rings (SSSR count).